The number of hydrogen-bond donors (Lipinski definition) is 6. The number of carbonyl (C=O) groups is 4. The molecule has 6 N–H and O–H groups in total. The molecule has 6 aromatic rings. The van der Waals surface area contributed by atoms with E-state index in [1.165, 1.54) is 11.1 Å². The summed E-state index contributed by atoms with van der Waals surface area (Å²) in [5, 5.41) is 19.7. The van der Waals surface area contributed by atoms with E-state index >= 15 is 0 Å². The third-order valence-electron chi connectivity index (χ3n) is 19.2. The summed E-state index contributed by atoms with van der Waals surface area (Å²) in [6, 6.07) is 46.4. The first-order valence-electron chi connectivity index (χ1n) is 37.2. The van der Waals surface area contributed by atoms with Gasteiger partial charge in [-0.05, 0) is 146 Å². The SMILES string of the molecule is CC1=CC(=C(C)NC(=O)c2c(C(C)C)cccc2C(C)C)NC(=C(C)NC(=O)c2c(C(C)C)cccc2C(C)C)C1.CC1=CC(=C(C)NC(=O)c2c(C(C)C)cccc2C(C)C)NC(=C(C)NC(=O)c2c(C(C)C)cccc2C(C)C)C1.CN(C)[CH]([Zr][CH](c1ccccc1)N(C)C)c1ccccc1.[Zr]. The average Bonchev–Trinajstić information content (AvgIpc) is 0.810. The molecule has 104 heavy (non-hydrogen) atoms. The van der Waals surface area contributed by atoms with Crippen molar-refractivity contribution in [2.75, 3.05) is 28.2 Å². The van der Waals surface area contributed by atoms with Crippen LogP contribution in [0.3, 0.4) is 0 Å². The van der Waals surface area contributed by atoms with Gasteiger partial charge in [0.15, 0.2) is 0 Å². The van der Waals surface area contributed by atoms with E-state index in [9.17, 15) is 19.2 Å². The molecule has 0 aromatic heterocycles. The molecule has 2 unspecified atom stereocenters. The number of amides is 4. The second-order valence-electron chi connectivity index (χ2n) is 30.9. The summed E-state index contributed by atoms with van der Waals surface area (Å²) in [6.07, 6.45) is 5.51. The molecule has 0 saturated carbocycles. The van der Waals surface area contributed by atoms with E-state index in [0.29, 0.717) is 20.3 Å². The maximum atomic E-state index is 13.7. The molecule has 2 heterocycles. The first-order chi connectivity index (χ1) is 48.5. The summed E-state index contributed by atoms with van der Waals surface area (Å²) in [4.78, 5) is 59.4. The molecular weight excluding hydrogens is 1440 g/mol. The van der Waals surface area contributed by atoms with Crippen LogP contribution in [0.25, 0.3) is 0 Å². The van der Waals surface area contributed by atoms with Crippen LogP contribution in [0, 0.1) is 0 Å². The summed E-state index contributed by atoms with van der Waals surface area (Å²) < 4.78 is 1.17. The second-order valence-corrected chi connectivity index (χ2v) is 34.4. The molecule has 6 aromatic carbocycles. The predicted molar refractivity (Wildman–Crippen MR) is 428 cm³/mol. The van der Waals surface area contributed by atoms with Crippen molar-refractivity contribution in [3.63, 3.8) is 0 Å². The number of hydrogen-bond acceptors (Lipinski definition) is 8. The monoisotopic (exact) mass is 1560 g/mol. The summed E-state index contributed by atoms with van der Waals surface area (Å²) in [6.45, 7) is 45.8. The van der Waals surface area contributed by atoms with Crippen molar-refractivity contribution in [2.45, 2.75) is 220 Å². The summed E-state index contributed by atoms with van der Waals surface area (Å²) >= 11 is -0.731. The maximum absolute atomic E-state index is 13.7. The molecule has 554 valence electrons. The second kappa shape index (κ2) is 40.6. The number of nitrogens with one attached hydrogen (secondary N) is 6. The fourth-order valence-electron chi connectivity index (χ4n) is 13.5. The Labute approximate surface area is 657 Å². The Balaban J connectivity index is 0.000000293. The smallest absolute Gasteiger partial charge is 0 e. The standard InChI is InChI=1S/2C36H49N3O2.2C9H12N.2Zr/c2*1-20(2)27-14-12-15-28(21(3)4)33(27)35(40)37-25(10)31-18-24(9)19-32(39-31)26(11)38-36(41)34-29(22(5)6)16-13-17-30(34)23(7)8;2*1-10(2)8-9-6-4-3-5-7-9;;/h2*12-18,20-23,39H,19H2,1-11H3,(H,37,40)(H,38,41);2*3-8H,1-2H3;;. The third-order valence-corrected chi connectivity index (χ3v) is 24.9. The molecule has 2 atom stereocenters. The van der Waals surface area contributed by atoms with Crippen LogP contribution in [0.5, 0.6) is 0 Å². The van der Waals surface area contributed by atoms with Gasteiger partial charge in [-0.3, -0.25) is 19.2 Å². The van der Waals surface area contributed by atoms with Gasteiger partial charge in [-0.15, -0.1) is 0 Å². The number of rotatable bonds is 22. The zero-order valence-electron chi connectivity index (χ0n) is 67.6. The van der Waals surface area contributed by atoms with Crippen LogP contribution in [0.1, 0.15) is 317 Å². The van der Waals surface area contributed by atoms with Crippen LogP contribution in [-0.2, 0) is 49.4 Å². The Morgan fingerprint density at radius 3 is 0.750 bits per heavy atom. The van der Waals surface area contributed by atoms with Gasteiger partial charge in [-0.2, -0.15) is 0 Å². The van der Waals surface area contributed by atoms with Crippen molar-refractivity contribution < 1.29 is 68.6 Å². The van der Waals surface area contributed by atoms with Crippen molar-refractivity contribution in [1.29, 1.82) is 0 Å². The van der Waals surface area contributed by atoms with Gasteiger partial charge in [0.2, 0.25) is 0 Å². The van der Waals surface area contributed by atoms with E-state index in [2.05, 4.69) is 292 Å². The zero-order valence-corrected chi connectivity index (χ0v) is 72.5. The van der Waals surface area contributed by atoms with Crippen molar-refractivity contribution in [3.8, 4) is 0 Å². The molecule has 14 heteroatoms. The Bertz CT molecular complexity index is 3780. The van der Waals surface area contributed by atoms with Crippen LogP contribution in [0.4, 0.5) is 0 Å². The van der Waals surface area contributed by atoms with E-state index in [1.807, 2.05) is 76.2 Å². The van der Waals surface area contributed by atoms with Gasteiger partial charge in [-0.25, -0.2) is 0 Å². The molecule has 0 saturated heterocycles. The molecule has 0 bridgehead atoms. The number of benzene rings is 6. The van der Waals surface area contributed by atoms with Gasteiger partial charge in [0.05, 0.1) is 11.4 Å². The van der Waals surface area contributed by atoms with Crippen molar-refractivity contribution in [1.82, 2.24) is 41.7 Å². The third kappa shape index (κ3) is 23.5. The van der Waals surface area contributed by atoms with E-state index in [4.69, 9.17) is 0 Å². The number of nitrogens with zero attached hydrogens (tertiary/aromatic N) is 2. The van der Waals surface area contributed by atoms with Crippen molar-refractivity contribution >= 4 is 23.6 Å². The molecule has 0 aliphatic carbocycles. The first kappa shape index (κ1) is 87.6. The summed E-state index contributed by atoms with van der Waals surface area (Å²) in [5.74, 6) is 1.51. The van der Waals surface area contributed by atoms with E-state index in [0.717, 1.165) is 123 Å². The normalized spacial score (nSPS) is 15.6. The zero-order chi connectivity index (χ0) is 76.4. The van der Waals surface area contributed by atoms with Gasteiger partial charge < -0.3 is 31.9 Å². The number of allylic oxidation sites excluding steroid dienone is 8. The minimum absolute atomic E-state index is 0. The van der Waals surface area contributed by atoms with Gasteiger partial charge in [-0.1, -0.05) is 195 Å². The van der Waals surface area contributed by atoms with E-state index in [1.54, 1.807) is 0 Å². The van der Waals surface area contributed by atoms with Crippen LogP contribution in [0.15, 0.2) is 202 Å². The van der Waals surface area contributed by atoms with Gasteiger partial charge >= 0.3 is 141 Å². The topological polar surface area (TPSA) is 147 Å². The van der Waals surface area contributed by atoms with Crippen LogP contribution in [-0.4, -0.2) is 61.6 Å². The molecule has 0 radical (unpaired) electrons. The quantitative estimate of drug-likeness (QED) is 0.0394. The fourth-order valence-corrected chi connectivity index (χ4v) is 17.6. The predicted octanol–water partition coefficient (Wildman–Crippen LogP) is 21.1. The van der Waals surface area contributed by atoms with Crippen LogP contribution >= 0.6 is 0 Å². The number of carbonyl (C=O) groups excluding carboxylic acids is 4. The van der Waals surface area contributed by atoms with Crippen molar-refractivity contribution in [3.05, 3.63) is 280 Å². The Morgan fingerprint density at radius 2 is 0.548 bits per heavy atom. The Kier molecular flexibility index (Phi) is 34.2. The fraction of sp³-hybridized carbons (Fsp3) is 0.422. The minimum Gasteiger partial charge on any atom is 0 e. The average molecular weight is 1560 g/mol. The molecule has 0 fully saturated rings. The van der Waals surface area contributed by atoms with E-state index in [-0.39, 0.29) is 97.2 Å². The Hall–Kier alpha value is -7.07. The van der Waals surface area contributed by atoms with Gasteiger partial charge in [0, 0.05) is 95.5 Å². The van der Waals surface area contributed by atoms with E-state index < -0.39 is 23.2 Å². The molecule has 0 spiro atoms. The maximum Gasteiger partial charge on any atom is 0 e. The molecular formula is C90H122N8O4Zr2. The summed E-state index contributed by atoms with van der Waals surface area (Å²) in [7, 11) is 8.82. The Morgan fingerprint density at radius 1 is 0.337 bits per heavy atom. The van der Waals surface area contributed by atoms with Crippen molar-refractivity contribution in [2.24, 2.45) is 0 Å². The summed E-state index contributed by atoms with van der Waals surface area (Å²) in [5.41, 5.74) is 23.2. The van der Waals surface area contributed by atoms with Gasteiger partial charge in [0.1, 0.15) is 0 Å². The molecule has 2 aliphatic rings. The van der Waals surface area contributed by atoms with Gasteiger partial charge in [0.25, 0.3) is 23.6 Å². The van der Waals surface area contributed by atoms with Crippen LogP contribution in [0.2, 0.25) is 0 Å². The molecule has 8 rings (SSSR count). The molecule has 12 nitrogen and oxygen atoms in total. The molecule has 2 aliphatic heterocycles. The molecule has 4 amide bonds. The largest absolute Gasteiger partial charge is 0 e. The minimum atomic E-state index is -0.731. The van der Waals surface area contributed by atoms with Crippen LogP contribution < -0.4 is 31.9 Å². The first-order valence-corrected chi connectivity index (χ1v) is 40.0.